The molecule has 0 heterocycles. The fraction of sp³-hybridized carbons (Fsp3) is 0. The van der Waals surface area contributed by atoms with Gasteiger partial charge in [0.2, 0.25) is 0 Å². The third-order valence-electron chi connectivity index (χ3n) is 2.94. The zero-order valence-corrected chi connectivity index (χ0v) is 13.3. The van der Waals surface area contributed by atoms with Crippen LogP contribution in [0.3, 0.4) is 0 Å². The SMILES string of the molecule is [O-]B(O)O.c1ccc([S+](c2ccccc2)c2ccccc2)cc1. The van der Waals surface area contributed by atoms with E-state index in [0.29, 0.717) is 0 Å². The van der Waals surface area contributed by atoms with Crippen LogP contribution in [0.4, 0.5) is 0 Å². The van der Waals surface area contributed by atoms with Crippen LogP contribution in [0.1, 0.15) is 0 Å². The molecule has 0 amide bonds. The van der Waals surface area contributed by atoms with Gasteiger partial charge in [-0.1, -0.05) is 54.6 Å². The summed E-state index contributed by atoms with van der Waals surface area (Å²) in [6.45, 7) is 0. The van der Waals surface area contributed by atoms with E-state index in [-0.39, 0.29) is 10.9 Å². The van der Waals surface area contributed by atoms with Gasteiger partial charge in [-0.25, -0.2) is 0 Å². The van der Waals surface area contributed by atoms with Crippen LogP contribution in [0.25, 0.3) is 0 Å². The Morgan fingerprint density at radius 2 is 0.783 bits per heavy atom. The van der Waals surface area contributed by atoms with Gasteiger partial charge in [-0.3, -0.25) is 0 Å². The first-order valence-corrected chi connectivity index (χ1v) is 8.32. The minimum atomic E-state index is -2.42. The second-order valence-electron chi connectivity index (χ2n) is 4.57. The molecule has 3 aromatic rings. The third kappa shape index (κ3) is 5.58. The van der Waals surface area contributed by atoms with Crippen molar-refractivity contribution in [1.29, 1.82) is 0 Å². The predicted octanol–water partition coefficient (Wildman–Crippen LogP) is 2.10. The molecule has 23 heavy (non-hydrogen) atoms. The van der Waals surface area contributed by atoms with Crippen LogP contribution in [0.2, 0.25) is 0 Å². The molecule has 5 heteroatoms. The molecule has 3 rings (SSSR count). The first-order chi connectivity index (χ1) is 11.2. The van der Waals surface area contributed by atoms with Crippen LogP contribution < -0.4 is 5.02 Å². The number of benzene rings is 3. The van der Waals surface area contributed by atoms with Crippen molar-refractivity contribution in [2.24, 2.45) is 0 Å². The molecule has 0 bridgehead atoms. The zero-order valence-electron chi connectivity index (χ0n) is 12.4. The van der Waals surface area contributed by atoms with Crippen LogP contribution in [-0.2, 0) is 10.9 Å². The Labute approximate surface area is 139 Å². The van der Waals surface area contributed by atoms with Gasteiger partial charge in [-0.15, -0.1) is 0 Å². The summed E-state index contributed by atoms with van der Waals surface area (Å²) in [7, 11) is -2.43. The molecular formula is C18H17BO3S. The summed E-state index contributed by atoms with van der Waals surface area (Å²) >= 11 is 0. The first-order valence-electron chi connectivity index (χ1n) is 7.10. The van der Waals surface area contributed by atoms with Crippen molar-refractivity contribution >= 4 is 18.2 Å². The molecule has 0 aliphatic carbocycles. The van der Waals surface area contributed by atoms with E-state index in [1.165, 1.54) is 14.7 Å². The topological polar surface area (TPSA) is 63.5 Å². The summed E-state index contributed by atoms with van der Waals surface area (Å²) in [5, 5.41) is 22.8. The van der Waals surface area contributed by atoms with Crippen molar-refractivity contribution in [1.82, 2.24) is 0 Å². The highest BCUT2D eigenvalue weighted by Gasteiger charge is 2.27. The Kier molecular flexibility index (Phi) is 6.91. The molecule has 0 aliphatic rings. The van der Waals surface area contributed by atoms with Gasteiger partial charge in [0.05, 0.1) is 10.9 Å². The van der Waals surface area contributed by atoms with Crippen molar-refractivity contribution in [3.8, 4) is 0 Å². The lowest BCUT2D eigenvalue weighted by Gasteiger charge is -2.07. The highest BCUT2D eigenvalue weighted by atomic mass is 32.2. The van der Waals surface area contributed by atoms with Gasteiger partial charge in [-0.05, 0) is 36.4 Å². The summed E-state index contributed by atoms with van der Waals surface area (Å²) in [6, 6.07) is 32.2. The van der Waals surface area contributed by atoms with E-state index in [4.69, 9.17) is 15.1 Å². The van der Waals surface area contributed by atoms with E-state index < -0.39 is 7.32 Å². The van der Waals surface area contributed by atoms with E-state index >= 15 is 0 Å². The Morgan fingerprint density at radius 3 is 1.00 bits per heavy atom. The largest absolute Gasteiger partial charge is 0.832 e. The van der Waals surface area contributed by atoms with Gasteiger partial charge < -0.3 is 15.1 Å². The maximum Gasteiger partial charge on any atom is 0.339 e. The smallest absolute Gasteiger partial charge is 0.339 e. The molecule has 2 N–H and O–H groups in total. The first kappa shape index (κ1) is 17.3. The molecule has 0 saturated carbocycles. The standard InChI is InChI=1S/C18H15S.BH2O3/c1-4-10-16(11-5-1)19(17-12-6-2-7-13-17)18-14-8-3-9-15-18;2-1(3)4/h1-15H;2-3H/q+1;-1. The van der Waals surface area contributed by atoms with Crippen LogP contribution >= 0.6 is 0 Å². The van der Waals surface area contributed by atoms with Crippen molar-refractivity contribution in [3.05, 3.63) is 91.0 Å². The monoisotopic (exact) mass is 324 g/mol. The summed E-state index contributed by atoms with van der Waals surface area (Å²) < 4.78 is 0. The lowest BCUT2D eigenvalue weighted by Crippen LogP contribution is -2.29. The van der Waals surface area contributed by atoms with Crippen LogP contribution in [0, 0.1) is 0 Å². The molecule has 0 saturated heterocycles. The van der Waals surface area contributed by atoms with Gasteiger partial charge >= 0.3 is 7.32 Å². The summed E-state index contributed by atoms with van der Waals surface area (Å²) in [6.07, 6.45) is 0. The summed E-state index contributed by atoms with van der Waals surface area (Å²) in [5.74, 6) is 0. The molecule has 116 valence electrons. The maximum absolute atomic E-state index is 8.64. The van der Waals surface area contributed by atoms with Gasteiger partial charge in [-0.2, -0.15) is 0 Å². The van der Waals surface area contributed by atoms with Gasteiger partial charge in [0.15, 0.2) is 14.7 Å². The Balaban J connectivity index is 0.000000433. The fourth-order valence-electron chi connectivity index (χ4n) is 2.08. The Hall–Kier alpha value is -2.05. The molecule has 0 unspecified atom stereocenters. The number of rotatable bonds is 3. The Bertz CT molecular complexity index is 582. The number of hydrogen-bond acceptors (Lipinski definition) is 3. The number of hydrogen-bond donors (Lipinski definition) is 2. The van der Waals surface area contributed by atoms with Crippen LogP contribution in [0.15, 0.2) is 106 Å². The van der Waals surface area contributed by atoms with Crippen LogP contribution in [0.5, 0.6) is 0 Å². The van der Waals surface area contributed by atoms with Gasteiger partial charge in [0.25, 0.3) is 0 Å². The fourth-order valence-corrected chi connectivity index (χ4v) is 4.18. The van der Waals surface area contributed by atoms with Crippen LogP contribution in [-0.4, -0.2) is 17.4 Å². The van der Waals surface area contributed by atoms with Crippen molar-refractivity contribution in [3.63, 3.8) is 0 Å². The second-order valence-corrected chi connectivity index (χ2v) is 6.60. The van der Waals surface area contributed by atoms with Gasteiger partial charge in [0.1, 0.15) is 0 Å². The molecule has 0 fully saturated rings. The van der Waals surface area contributed by atoms with E-state index in [1.807, 2.05) is 0 Å². The molecule has 3 nitrogen and oxygen atoms in total. The molecule has 0 aromatic heterocycles. The molecule has 0 aliphatic heterocycles. The van der Waals surface area contributed by atoms with E-state index in [0.717, 1.165) is 0 Å². The van der Waals surface area contributed by atoms with E-state index in [9.17, 15) is 0 Å². The van der Waals surface area contributed by atoms with E-state index in [2.05, 4.69) is 91.0 Å². The normalized spacial score (nSPS) is 9.91. The summed E-state index contributed by atoms with van der Waals surface area (Å²) in [4.78, 5) is 4.08. The molecular weight excluding hydrogens is 307 g/mol. The average molecular weight is 324 g/mol. The quantitative estimate of drug-likeness (QED) is 0.573. The van der Waals surface area contributed by atoms with E-state index in [1.54, 1.807) is 0 Å². The maximum atomic E-state index is 8.64. The van der Waals surface area contributed by atoms with Crippen molar-refractivity contribution in [2.75, 3.05) is 0 Å². The average Bonchev–Trinajstić information content (AvgIpc) is 2.58. The lowest BCUT2D eigenvalue weighted by molar-refractivity contribution is -0.242. The molecule has 0 radical (unpaired) electrons. The lowest BCUT2D eigenvalue weighted by atomic mass is 10.3. The summed E-state index contributed by atoms with van der Waals surface area (Å²) in [5.41, 5.74) is 0. The minimum Gasteiger partial charge on any atom is -0.832 e. The Morgan fingerprint density at radius 1 is 0.565 bits per heavy atom. The third-order valence-corrected chi connectivity index (χ3v) is 5.17. The highest BCUT2D eigenvalue weighted by molar-refractivity contribution is 7.97. The second kappa shape index (κ2) is 9.17. The highest BCUT2D eigenvalue weighted by Crippen LogP contribution is 2.30. The molecule has 3 aromatic carbocycles. The molecule has 0 spiro atoms. The predicted molar refractivity (Wildman–Crippen MR) is 91.7 cm³/mol. The van der Waals surface area contributed by atoms with Crippen molar-refractivity contribution in [2.45, 2.75) is 14.7 Å². The molecule has 0 atom stereocenters. The zero-order chi connectivity index (χ0) is 16.5. The van der Waals surface area contributed by atoms with Crippen molar-refractivity contribution < 1.29 is 15.1 Å². The van der Waals surface area contributed by atoms with Gasteiger partial charge in [0, 0.05) is 0 Å². The minimum absolute atomic E-state index is 0.0146.